The van der Waals surface area contributed by atoms with Crippen LogP contribution in [0.5, 0.6) is 0 Å². The first-order valence-corrected chi connectivity index (χ1v) is 8.98. The Labute approximate surface area is 159 Å². The first kappa shape index (κ1) is 18.6. The van der Waals surface area contributed by atoms with Crippen molar-refractivity contribution in [3.05, 3.63) is 51.6 Å². The average molecular weight is 393 g/mol. The Balaban J connectivity index is 1.88. The van der Waals surface area contributed by atoms with Crippen molar-refractivity contribution in [3.8, 4) is 0 Å². The molecule has 1 unspecified atom stereocenters. The van der Waals surface area contributed by atoms with Gasteiger partial charge in [-0.15, -0.1) is 0 Å². The molecule has 5 nitrogen and oxygen atoms in total. The number of hydrogen-bond acceptors (Lipinski definition) is 4. The molecule has 1 aromatic rings. The van der Waals surface area contributed by atoms with Gasteiger partial charge in [0.15, 0.2) is 0 Å². The predicted octanol–water partition coefficient (Wildman–Crippen LogP) is 3.89. The summed E-state index contributed by atoms with van der Waals surface area (Å²) in [5.74, 6) is -6.51. The monoisotopic (exact) mass is 393 g/mol. The van der Waals surface area contributed by atoms with Crippen LogP contribution in [-0.2, 0) is 20.7 Å². The van der Waals surface area contributed by atoms with E-state index in [1.807, 2.05) is 0 Å². The topological polar surface area (TPSA) is 66.8 Å². The minimum absolute atomic E-state index is 0.0119. The maximum absolute atomic E-state index is 15.1. The number of carbonyl (C=O) groups is 2. The van der Waals surface area contributed by atoms with Crippen molar-refractivity contribution < 1.29 is 32.6 Å². The second-order valence-corrected chi connectivity index (χ2v) is 7.22. The summed E-state index contributed by atoms with van der Waals surface area (Å²) in [6.45, 7) is 3.23. The molecule has 0 amide bonds. The van der Waals surface area contributed by atoms with E-state index in [4.69, 9.17) is 4.74 Å². The van der Waals surface area contributed by atoms with Crippen LogP contribution in [0, 0.1) is 5.82 Å². The molecule has 1 aromatic carbocycles. The Hall–Kier alpha value is -2.77. The van der Waals surface area contributed by atoms with Gasteiger partial charge >= 0.3 is 11.9 Å². The summed E-state index contributed by atoms with van der Waals surface area (Å²) >= 11 is 0. The van der Waals surface area contributed by atoms with Crippen LogP contribution in [0.25, 0.3) is 0 Å². The third-order valence-electron chi connectivity index (χ3n) is 5.63. The molecule has 0 spiro atoms. The molecule has 1 aliphatic carbocycles. The fraction of sp³-hybridized carbons (Fsp3) is 0.400. The van der Waals surface area contributed by atoms with E-state index in [-0.39, 0.29) is 48.1 Å². The highest BCUT2D eigenvalue weighted by Crippen LogP contribution is 2.57. The number of nitrogens with zero attached hydrogens (tertiary/aromatic N) is 1. The predicted molar refractivity (Wildman–Crippen MR) is 93.5 cm³/mol. The van der Waals surface area contributed by atoms with Crippen LogP contribution >= 0.6 is 0 Å². The zero-order valence-corrected chi connectivity index (χ0v) is 15.3. The molecule has 148 valence electrons. The lowest BCUT2D eigenvalue weighted by Gasteiger charge is -2.33. The molecule has 2 heterocycles. The molecular weight excluding hydrogens is 375 g/mol. The molecule has 28 heavy (non-hydrogen) atoms. The number of anilines is 1. The van der Waals surface area contributed by atoms with E-state index in [1.54, 1.807) is 13.8 Å². The molecule has 8 heteroatoms. The Kier molecular flexibility index (Phi) is 4.06. The van der Waals surface area contributed by atoms with Gasteiger partial charge in [0.05, 0.1) is 28.4 Å². The van der Waals surface area contributed by atoms with Crippen molar-refractivity contribution in [2.24, 2.45) is 0 Å². The summed E-state index contributed by atoms with van der Waals surface area (Å²) in [5.41, 5.74) is 1.57. The molecule has 4 rings (SSSR count). The van der Waals surface area contributed by atoms with Crippen LogP contribution in [0.1, 0.15) is 43.7 Å². The molecule has 3 aliphatic rings. The number of allylic oxidation sites excluding steroid dienone is 1. The van der Waals surface area contributed by atoms with Crippen LogP contribution in [0.4, 0.5) is 18.9 Å². The number of cyclic esters (lactones) is 1. The molecule has 1 atom stereocenters. The Morgan fingerprint density at radius 1 is 1.39 bits per heavy atom. The highest BCUT2D eigenvalue weighted by molar-refractivity contribution is 5.99. The maximum atomic E-state index is 15.1. The van der Waals surface area contributed by atoms with Crippen molar-refractivity contribution >= 4 is 17.6 Å². The summed E-state index contributed by atoms with van der Waals surface area (Å²) in [6.07, 6.45) is -0.227. The van der Waals surface area contributed by atoms with E-state index in [0.717, 1.165) is 0 Å². The minimum atomic E-state index is -2.90. The summed E-state index contributed by atoms with van der Waals surface area (Å²) in [7, 11) is 0. The van der Waals surface area contributed by atoms with Crippen LogP contribution < -0.4 is 4.90 Å². The van der Waals surface area contributed by atoms with Gasteiger partial charge in [0.25, 0.3) is 5.92 Å². The van der Waals surface area contributed by atoms with Crippen LogP contribution in [0.3, 0.4) is 0 Å². The molecule has 1 saturated carbocycles. The highest BCUT2D eigenvalue weighted by atomic mass is 19.3. The molecule has 1 fully saturated rings. The molecule has 2 aliphatic heterocycles. The Bertz CT molecular complexity index is 980. The molecule has 0 radical (unpaired) electrons. The number of carboxylic acid groups (broad SMARTS) is 1. The third-order valence-corrected chi connectivity index (χ3v) is 5.63. The van der Waals surface area contributed by atoms with E-state index in [9.17, 15) is 23.5 Å². The number of hydrogen-bond donors (Lipinski definition) is 1. The first-order valence-electron chi connectivity index (χ1n) is 8.98. The van der Waals surface area contributed by atoms with Crippen LogP contribution in [-0.4, -0.2) is 29.6 Å². The third kappa shape index (κ3) is 2.62. The zero-order valence-electron chi connectivity index (χ0n) is 15.3. The quantitative estimate of drug-likeness (QED) is 0.787. The standard InChI is InChI=1S/C20H18F3NO4/c1-3-10-15(5-4-11(17(10)21)14-7-20(14,22)23)24-9(2)12(18(25)26)6-13-16(24)8-28-19(13)27/h4-5,14H,3,6-8H2,1-2H3,(H,25,26). The van der Waals surface area contributed by atoms with Gasteiger partial charge in [-0.3, -0.25) is 0 Å². The van der Waals surface area contributed by atoms with Gasteiger partial charge in [-0.25, -0.2) is 22.8 Å². The Morgan fingerprint density at radius 2 is 2.07 bits per heavy atom. The number of aliphatic carboxylic acids is 1. The number of esters is 1. The van der Waals surface area contributed by atoms with Crippen LogP contribution in [0.2, 0.25) is 0 Å². The molecule has 0 saturated heterocycles. The van der Waals surface area contributed by atoms with Crippen molar-refractivity contribution in [1.82, 2.24) is 0 Å². The lowest BCUT2D eigenvalue weighted by Crippen LogP contribution is -2.30. The van der Waals surface area contributed by atoms with Crippen LogP contribution in [0.15, 0.2) is 34.7 Å². The second kappa shape index (κ2) is 6.12. The maximum Gasteiger partial charge on any atom is 0.336 e. The first-order chi connectivity index (χ1) is 13.2. The smallest absolute Gasteiger partial charge is 0.336 e. The number of carboxylic acids is 1. The SMILES string of the molecule is CCc1c(N2C(C)=C(C(=O)O)CC3=C2COC3=O)ccc(C2CC2(F)F)c1F. The van der Waals surface area contributed by atoms with Crippen molar-refractivity contribution in [2.75, 3.05) is 11.5 Å². The molecule has 1 N–H and O–H groups in total. The molecule has 0 aromatic heterocycles. The van der Waals surface area contributed by atoms with E-state index in [2.05, 4.69) is 0 Å². The van der Waals surface area contributed by atoms with E-state index < -0.39 is 29.6 Å². The van der Waals surface area contributed by atoms with Crippen molar-refractivity contribution in [2.45, 2.75) is 45.0 Å². The number of ether oxygens (including phenoxy) is 1. The number of benzene rings is 1. The van der Waals surface area contributed by atoms with Crippen molar-refractivity contribution in [3.63, 3.8) is 0 Å². The lowest BCUT2D eigenvalue weighted by atomic mass is 9.94. The Morgan fingerprint density at radius 3 is 2.64 bits per heavy atom. The zero-order chi connectivity index (χ0) is 20.4. The highest BCUT2D eigenvalue weighted by Gasteiger charge is 2.58. The van der Waals surface area contributed by atoms with E-state index in [0.29, 0.717) is 17.1 Å². The summed E-state index contributed by atoms with van der Waals surface area (Å²) in [6, 6.07) is 2.85. The van der Waals surface area contributed by atoms with Crippen molar-refractivity contribution in [1.29, 1.82) is 0 Å². The molecule has 0 bridgehead atoms. The largest absolute Gasteiger partial charge is 0.478 e. The van der Waals surface area contributed by atoms with Gasteiger partial charge in [0.2, 0.25) is 0 Å². The van der Waals surface area contributed by atoms with Gasteiger partial charge in [-0.1, -0.05) is 13.0 Å². The number of rotatable bonds is 4. The number of halogens is 3. The van der Waals surface area contributed by atoms with Gasteiger partial charge in [-0.2, -0.15) is 0 Å². The number of carbonyl (C=O) groups excluding carboxylic acids is 1. The van der Waals surface area contributed by atoms with Gasteiger partial charge in [-0.05, 0) is 25.0 Å². The summed E-state index contributed by atoms with van der Waals surface area (Å²) in [5, 5.41) is 9.53. The van der Waals surface area contributed by atoms with Gasteiger partial charge in [0.1, 0.15) is 12.4 Å². The fourth-order valence-corrected chi connectivity index (χ4v) is 3.99. The molecular formula is C20H18F3NO4. The minimum Gasteiger partial charge on any atom is -0.478 e. The average Bonchev–Trinajstić information content (AvgIpc) is 3.10. The fourth-order valence-electron chi connectivity index (χ4n) is 3.99. The van der Waals surface area contributed by atoms with Gasteiger partial charge < -0.3 is 14.7 Å². The normalized spacial score (nSPS) is 23.1. The second-order valence-electron chi connectivity index (χ2n) is 7.22. The number of alkyl halides is 2. The van der Waals surface area contributed by atoms with E-state index in [1.165, 1.54) is 17.0 Å². The summed E-state index contributed by atoms with van der Waals surface area (Å²) < 4.78 is 47.1. The van der Waals surface area contributed by atoms with E-state index >= 15 is 4.39 Å². The lowest BCUT2D eigenvalue weighted by molar-refractivity contribution is -0.136. The van der Waals surface area contributed by atoms with Gasteiger partial charge in [0, 0.05) is 24.1 Å². The summed E-state index contributed by atoms with van der Waals surface area (Å²) in [4.78, 5) is 25.2.